The lowest BCUT2D eigenvalue weighted by molar-refractivity contribution is -0.138. The average molecular weight is 456 g/mol. The molecular weight excluding hydrogens is 437 g/mol. The van der Waals surface area contributed by atoms with Gasteiger partial charge in [-0.05, 0) is 19.1 Å². The van der Waals surface area contributed by atoms with Gasteiger partial charge in [0.15, 0.2) is 5.60 Å². The number of carbonyl (C=O) groups is 2. The minimum Gasteiger partial charge on any atom is -0.433 e. The van der Waals surface area contributed by atoms with Gasteiger partial charge in [0.05, 0.1) is 21.9 Å². The maximum atomic E-state index is 11.8. The van der Waals surface area contributed by atoms with E-state index in [1.807, 2.05) is 24.0 Å². The van der Waals surface area contributed by atoms with Crippen LogP contribution in [0, 0.1) is 6.92 Å². The zero-order valence-electron chi connectivity index (χ0n) is 15.5. The van der Waals surface area contributed by atoms with Gasteiger partial charge >= 0.3 is 6.09 Å². The first-order chi connectivity index (χ1) is 13.7. The molecule has 1 saturated heterocycles. The van der Waals surface area contributed by atoms with Crippen LogP contribution in [0.25, 0.3) is 0 Å². The molecule has 0 radical (unpaired) electrons. The quantitative estimate of drug-likeness (QED) is 0.708. The van der Waals surface area contributed by atoms with Crippen LogP contribution >= 0.6 is 35.0 Å². The van der Waals surface area contributed by atoms with Crippen molar-refractivity contribution in [1.29, 1.82) is 0 Å². The van der Waals surface area contributed by atoms with Gasteiger partial charge < -0.3 is 21.1 Å². The van der Waals surface area contributed by atoms with Crippen LogP contribution in [0.1, 0.15) is 18.5 Å². The lowest BCUT2D eigenvalue weighted by Gasteiger charge is -2.38. The second kappa shape index (κ2) is 8.64. The molecular formula is C18H19Cl2N5O3S. The third kappa shape index (κ3) is 4.68. The fourth-order valence-electron chi connectivity index (χ4n) is 3.07. The van der Waals surface area contributed by atoms with Crippen molar-refractivity contribution < 1.29 is 14.3 Å². The molecule has 11 heteroatoms. The number of hydrogen-bond donors (Lipinski definition) is 2. The summed E-state index contributed by atoms with van der Waals surface area (Å²) in [6.07, 6.45) is 1.08. The second-order valence-corrected chi connectivity index (χ2v) is 8.36. The molecule has 0 aliphatic carbocycles. The molecule has 1 aromatic heterocycles. The molecule has 8 nitrogen and oxygen atoms in total. The standard InChI is InChI=1S/C18H19Cl2N5O3S/c1-10-15(29-12-4-2-3-11(19)14(12)20)23-9-13(24-10)25-7-5-18(6-8-25,16(21)26)28-17(22)27/h2-4,9H,5-8H2,1H3,(H2,21,26)(H2,22,27). The number of amides is 2. The molecule has 1 aromatic carbocycles. The molecule has 2 amide bonds. The van der Waals surface area contributed by atoms with Crippen molar-refractivity contribution >= 4 is 52.8 Å². The van der Waals surface area contributed by atoms with Crippen LogP contribution in [-0.2, 0) is 9.53 Å². The van der Waals surface area contributed by atoms with Gasteiger partial charge in [-0.25, -0.2) is 14.8 Å². The van der Waals surface area contributed by atoms with E-state index < -0.39 is 17.6 Å². The molecule has 1 aliphatic heterocycles. The highest BCUT2D eigenvalue weighted by molar-refractivity contribution is 7.99. The Morgan fingerprint density at radius 1 is 1.24 bits per heavy atom. The first-order valence-corrected chi connectivity index (χ1v) is 10.3. The van der Waals surface area contributed by atoms with Gasteiger partial charge in [-0.1, -0.05) is 41.0 Å². The fourth-order valence-corrected chi connectivity index (χ4v) is 4.39. The van der Waals surface area contributed by atoms with E-state index in [-0.39, 0.29) is 12.8 Å². The number of rotatable bonds is 5. The van der Waals surface area contributed by atoms with Gasteiger partial charge in [0.1, 0.15) is 10.8 Å². The third-order valence-electron chi connectivity index (χ3n) is 4.65. The number of nitrogens with zero attached hydrogens (tertiary/aromatic N) is 3. The number of halogens is 2. The number of aryl methyl sites for hydroxylation is 1. The summed E-state index contributed by atoms with van der Waals surface area (Å²) in [6.45, 7) is 2.68. The Morgan fingerprint density at radius 3 is 2.52 bits per heavy atom. The lowest BCUT2D eigenvalue weighted by Crippen LogP contribution is -2.55. The van der Waals surface area contributed by atoms with Gasteiger partial charge in [0.2, 0.25) is 0 Å². The summed E-state index contributed by atoms with van der Waals surface area (Å²) in [5.74, 6) is -0.0513. The minimum absolute atomic E-state index is 0.223. The van der Waals surface area contributed by atoms with Crippen molar-refractivity contribution in [2.45, 2.75) is 35.3 Å². The number of piperidine rings is 1. The molecule has 0 unspecified atom stereocenters. The number of primary amides is 2. The van der Waals surface area contributed by atoms with Crippen molar-refractivity contribution in [1.82, 2.24) is 9.97 Å². The normalized spacial score (nSPS) is 15.8. The summed E-state index contributed by atoms with van der Waals surface area (Å²) in [5, 5.41) is 1.65. The van der Waals surface area contributed by atoms with E-state index in [2.05, 4.69) is 9.97 Å². The smallest absolute Gasteiger partial charge is 0.405 e. The first kappa shape index (κ1) is 21.5. The second-order valence-electron chi connectivity index (χ2n) is 6.54. The van der Waals surface area contributed by atoms with Crippen LogP contribution < -0.4 is 16.4 Å². The summed E-state index contributed by atoms with van der Waals surface area (Å²) < 4.78 is 5.03. The molecule has 1 aliphatic rings. The van der Waals surface area contributed by atoms with Gasteiger partial charge in [-0.15, -0.1) is 0 Å². The van der Waals surface area contributed by atoms with Crippen molar-refractivity contribution in [3.05, 3.63) is 40.1 Å². The lowest BCUT2D eigenvalue weighted by atomic mass is 9.90. The third-order valence-corrected chi connectivity index (χ3v) is 6.74. The Kier molecular flexibility index (Phi) is 6.40. The Balaban J connectivity index is 1.73. The van der Waals surface area contributed by atoms with E-state index in [1.165, 1.54) is 11.8 Å². The molecule has 0 saturated carbocycles. The van der Waals surface area contributed by atoms with Crippen LogP contribution in [0.15, 0.2) is 34.3 Å². The number of anilines is 1. The molecule has 0 bridgehead atoms. The van der Waals surface area contributed by atoms with Crippen LogP contribution in [0.4, 0.5) is 10.6 Å². The molecule has 2 heterocycles. The molecule has 3 rings (SSSR count). The van der Waals surface area contributed by atoms with Crippen molar-refractivity contribution in [2.24, 2.45) is 11.5 Å². The fraction of sp³-hybridized carbons (Fsp3) is 0.333. The highest BCUT2D eigenvalue weighted by Crippen LogP contribution is 2.37. The van der Waals surface area contributed by atoms with E-state index >= 15 is 0 Å². The zero-order valence-corrected chi connectivity index (χ0v) is 17.9. The highest BCUT2D eigenvalue weighted by Gasteiger charge is 2.43. The first-order valence-electron chi connectivity index (χ1n) is 8.70. The number of aromatic nitrogens is 2. The molecule has 4 N–H and O–H groups in total. The summed E-state index contributed by atoms with van der Waals surface area (Å²) >= 11 is 13.7. The van der Waals surface area contributed by atoms with Crippen LogP contribution in [0.2, 0.25) is 10.0 Å². The minimum atomic E-state index is -1.38. The van der Waals surface area contributed by atoms with Crippen LogP contribution in [0.5, 0.6) is 0 Å². The van der Waals surface area contributed by atoms with Gasteiger partial charge in [0, 0.05) is 30.8 Å². The number of nitrogens with two attached hydrogens (primary N) is 2. The highest BCUT2D eigenvalue weighted by atomic mass is 35.5. The van der Waals surface area contributed by atoms with E-state index in [9.17, 15) is 9.59 Å². The van der Waals surface area contributed by atoms with Gasteiger partial charge in [0.25, 0.3) is 5.91 Å². The largest absolute Gasteiger partial charge is 0.433 e. The van der Waals surface area contributed by atoms with E-state index in [4.69, 9.17) is 39.4 Å². The van der Waals surface area contributed by atoms with E-state index in [0.29, 0.717) is 34.0 Å². The molecule has 0 atom stereocenters. The van der Waals surface area contributed by atoms with Crippen molar-refractivity contribution in [3.8, 4) is 0 Å². The van der Waals surface area contributed by atoms with Crippen LogP contribution in [-0.4, -0.2) is 40.7 Å². The van der Waals surface area contributed by atoms with Gasteiger partial charge in [-0.2, -0.15) is 0 Å². The number of hydrogen-bond acceptors (Lipinski definition) is 7. The molecule has 29 heavy (non-hydrogen) atoms. The SMILES string of the molecule is Cc1nc(N2CCC(OC(N)=O)(C(N)=O)CC2)cnc1Sc1cccc(Cl)c1Cl. The molecule has 0 spiro atoms. The topological polar surface area (TPSA) is 124 Å². The monoisotopic (exact) mass is 455 g/mol. The number of carbonyl (C=O) groups excluding carboxylic acids is 2. The maximum absolute atomic E-state index is 11.8. The summed E-state index contributed by atoms with van der Waals surface area (Å²) in [7, 11) is 0. The Morgan fingerprint density at radius 2 is 1.93 bits per heavy atom. The molecule has 1 fully saturated rings. The zero-order chi connectivity index (χ0) is 21.2. The summed E-state index contributed by atoms with van der Waals surface area (Å²) in [6, 6.07) is 5.40. The van der Waals surface area contributed by atoms with E-state index in [1.54, 1.807) is 12.3 Å². The van der Waals surface area contributed by atoms with Crippen LogP contribution in [0.3, 0.4) is 0 Å². The van der Waals surface area contributed by atoms with Gasteiger partial charge in [-0.3, -0.25) is 4.79 Å². The molecule has 2 aromatic rings. The number of ether oxygens (including phenoxy) is 1. The Bertz CT molecular complexity index is 951. The average Bonchev–Trinajstić information content (AvgIpc) is 2.67. The Hall–Kier alpha value is -2.23. The summed E-state index contributed by atoms with van der Waals surface area (Å²) in [5.41, 5.74) is 9.86. The van der Waals surface area contributed by atoms with E-state index in [0.717, 1.165) is 10.6 Å². The predicted molar refractivity (Wildman–Crippen MR) is 111 cm³/mol. The molecule has 154 valence electrons. The Labute approximate surface area is 181 Å². The maximum Gasteiger partial charge on any atom is 0.405 e. The predicted octanol–water partition coefficient (Wildman–Crippen LogP) is 3.16. The number of benzene rings is 1. The summed E-state index contributed by atoms with van der Waals surface area (Å²) in [4.78, 5) is 34.8. The van der Waals surface area contributed by atoms with Crippen molar-refractivity contribution in [3.63, 3.8) is 0 Å². The van der Waals surface area contributed by atoms with Crippen molar-refractivity contribution in [2.75, 3.05) is 18.0 Å².